The zero-order chi connectivity index (χ0) is 14.5. The molecular weight excluding hydrogens is 260 g/mol. The number of aromatic carboxylic acids is 1. The normalized spacial score (nSPS) is 17.7. The Morgan fingerprint density at radius 1 is 1.45 bits per heavy atom. The molecule has 1 atom stereocenters. The van der Waals surface area contributed by atoms with Crippen molar-refractivity contribution in [2.24, 2.45) is 5.92 Å². The summed E-state index contributed by atoms with van der Waals surface area (Å²) >= 11 is 0. The molecule has 106 valence electrons. The van der Waals surface area contributed by atoms with Gasteiger partial charge in [-0.05, 0) is 37.3 Å². The first-order chi connectivity index (χ1) is 9.59. The molecule has 1 aliphatic rings. The van der Waals surface area contributed by atoms with Gasteiger partial charge < -0.3 is 10.4 Å². The van der Waals surface area contributed by atoms with Crippen LogP contribution in [0.5, 0.6) is 0 Å². The minimum Gasteiger partial charge on any atom is -0.477 e. The van der Waals surface area contributed by atoms with Crippen LogP contribution in [0.1, 0.15) is 29.6 Å². The quantitative estimate of drug-likeness (QED) is 0.490. The maximum absolute atomic E-state index is 11.1. The van der Waals surface area contributed by atoms with Gasteiger partial charge in [0.15, 0.2) is 0 Å². The van der Waals surface area contributed by atoms with E-state index in [1.165, 1.54) is 12.1 Å². The van der Waals surface area contributed by atoms with Crippen molar-refractivity contribution >= 4 is 17.3 Å². The monoisotopic (exact) mass is 276 g/mol. The summed E-state index contributed by atoms with van der Waals surface area (Å²) < 4.78 is 0. The van der Waals surface area contributed by atoms with Crippen LogP contribution >= 0.6 is 0 Å². The Morgan fingerprint density at radius 2 is 2.25 bits per heavy atom. The molecule has 0 spiro atoms. The Hall–Kier alpha value is -2.37. The number of nitro benzene ring substituents is 1. The summed E-state index contributed by atoms with van der Waals surface area (Å²) in [5.74, 6) is -0.867. The number of anilines is 1. The molecule has 1 aromatic rings. The third kappa shape index (κ3) is 3.14. The lowest BCUT2D eigenvalue weighted by Gasteiger charge is -2.19. The van der Waals surface area contributed by atoms with Crippen molar-refractivity contribution in [3.8, 4) is 0 Å². The van der Waals surface area contributed by atoms with E-state index < -0.39 is 10.9 Å². The van der Waals surface area contributed by atoms with Crippen LogP contribution in [0.15, 0.2) is 30.4 Å². The lowest BCUT2D eigenvalue weighted by molar-refractivity contribution is -0.384. The van der Waals surface area contributed by atoms with Gasteiger partial charge in [-0.25, -0.2) is 4.79 Å². The molecule has 0 saturated carbocycles. The van der Waals surface area contributed by atoms with Crippen molar-refractivity contribution in [3.63, 3.8) is 0 Å². The second-order valence-electron chi connectivity index (χ2n) is 4.80. The first-order valence-corrected chi connectivity index (χ1v) is 6.49. The highest BCUT2D eigenvalue weighted by Crippen LogP contribution is 2.29. The molecule has 0 aromatic heterocycles. The van der Waals surface area contributed by atoms with Crippen molar-refractivity contribution in [1.82, 2.24) is 0 Å². The van der Waals surface area contributed by atoms with Gasteiger partial charge in [-0.15, -0.1) is 0 Å². The molecular formula is C14H16N2O4. The lowest BCUT2D eigenvalue weighted by Crippen LogP contribution is -2.16. The number of para-hydroxylation sites is 1. The zero-order valence-electron chi connectivity index (χ0n) is 10.9. The number of nitrogens with one attached hydrogen (secondary N) is 1. The molecule has 1 aliphatic carbocycles. The lowest BCUT2D eigenvalue weighted by atomic mass is 9.94. The molecule has 20 heavy (non-hydrogen) atoms. The van der Waals surface area contributed by atoms with Crippen LogP contribution in [-0.2, 0) is 0 Å². The van der Waals surface area contributed by atoms with Crippen molar-refractivity contribution in [1.29, 1.82) is 0 Å². The van der Waals surface area contributed by atoms with Crippen LogP contribution in [0, 0.1) is 16.0 Å². The van der Waals surface area contributed by atoms with E-state index in [2.05, 4.69) is 17.5 Å². The Kier molecular flexibility index (Phi) is 4.34. The van der Waals surface area contributed by atoms with E-state index in [0.717, 1.165) is 19.3 Å². The summed E-state index contributed by atoms with van der Waals surface area (Å²) in [4.78, 5) is 21.5. The molecule has 1 unspecified atom stereocenters. The van der Waals surface area contributed by atoms with Crippen molar-refractivity contribution in [3.05, 3.63) is 46.0 Å². The molecule has 0 heterocycles. The van der Waals surface area contributed by atoms with E-state index in [0.29, 0.717) is 12.5 Å². The van der Waals surface area contributed by atoms with E-state index in [1.54, 1.807) is 6.07 Å². The van der Waals surface area contributed by atoms with Gasteiger partial charge >= 0.3 is 11.7 Å². The second-order valence-corrected chi connectivity index (χ2v) is 4.80. The van der Waals surface area contributed by atoms with Crippen LogP contribution in [0.4, 0.5) is 11.4 Å². The fourth-order valence-corrected chi connectivity index (χ4v) is 2.35. The fourth-order valence-electron chi connectivity index (χ4n) is 2.35. The fraction of sp³-hybridized carbons (Fsp3) is 0.357. The molecule has 6 heteroatoms. The van der Waals surface area contributed by atoms with E-state index in [1.807, 2.05) is 0 Å². The Balaban J connectivity index is 2.18. The van der Waals surface area contributed by atoms with Gasteiger partial charge in [0.2, 0.25) is 0 Å². The van der Waals surface area contributed by atoms with Gasteiger partial charge in [0.1, 0.15) is 11.3 Å². The van der Waals surface area contributed by atoms with Gasteiger partial charge in [-0.3, -0.25) is 10.1 Å². The SMILES string of the molecule is O=C(O)c1cccc(NCC2CC=CCC2)c1[N+](=O)[O-]. The van der Waals surface area contributed by atoms with Crippen molar-refractivity contribution < 1.29 is 14.8 Å². The average molecular weight is 276 g/mol. The zero-order valence-corrected chi connectivity index (χ0v) is 10.9. The third-order valence-electron chi connectivity index (χ3n) is 3.41. The number of nitrogens with zero attached hydrogens (tertiary/aromatic N) is 1. The molecule has 0 saturated heterocycles. The highest BCUT2D eigenvalue weighted by atomic mass is 16.6. The predicted molar refractivity (Wildman–Crippen MR) is 75.0 cm³/mol. The number of benzene rings is 1. The predicted octanol–water partition coefficient (Wildman–Crippen LogP) is 3.06. The van der Waals surface area contributed by atoms with E-state index in [-0.39, 0.29) is 16.9 Å². The number of carboxylic acids is 1. The summed E-state index contributed by atoms with van der Waals surface area (Å²) in [5, 5.41) is 23.1. The third-order valence-corrected chi connectivity index (χ3v) is 3.41. The Labute approximate surface area is 116 Å². The summed E-state index contributed by atoms with van der Waals surface area (Å²) in [6.45, 7) is 0.605. The number of allylic oxidation sites excluding steroid dienone is 2. The van der Waals surface area contributed by atoms with Crippen LogP contribution in [-0.4, -0.2) is 22.5 Å². The van der Waals surface area contributed by atoms with Crippen LogP contribution in [0.3, 0.4) is 0 Å². The Morgan fingerprint density at radius 3 is 2.85 bits per heavy atom. The Bertz CT molecular complexity index is 554. The molecule has 2 N–H and O–H groups in total. The molecule has 2 rings (SSSR count). The minimum atomic E-state index is -1.29. The number of carboxylic acid groups (broad SMARTS) is 1. The highest BCUT2D eigenvalue weighted by Gasteiger charge is 2.24. The van der Waals surface area contributed by atoms with Gasteiger partial charge in [0.05, 0.1) is 4.92 Å². The average Bonchev–Trinajstić information content (AvgIpc) is 2.45. The summed E-state index contributed by atoms with van der Waals surface area (Å²) in [7, 11) is 0. The number of rotatable bonds is 5. The van der Waals surface area contributed by atoms with Crippen LogP contribution in [0.25, 0.3) is 0 Å². The maximum Gasteiger partial charge on any atom is 0.342 e. The first kappa shape index (κ1) is 14.0. The molecule has 0 radical (unpaired) electrons. The first-order valence-electron chi connectivity index (χ1n) is 6.49. The largest absolute Gasteiger partial charge is 0.477 e. The topological polar surface area (TPSA) is 92.5 Å². The summed E-state index contributed by atoms with van der Waals surface area (Å²) in [5.41, 5.74) is -0.389. The molecule has 1 aromatic carbocycles. The molecule has 0 fully saturated rings. The second kappa shape index (κ2) is 6.18. The number of hydrogen-bond acceptors (Lipinski definition) is 4. The molecule has 0 amide bonds. The maximum atomic E-state index is 11.1. The minimum absolute atomic E-state index is 0.268. The number of hydrogen-bond donors (Lipinski definition) is 2. The van der Waals surface area contributed by atoms with E-state index >= 15 is 0 Å². The number of carbonyl (C=O) groups is 1. The van der Waals surface area contributed by atoms with Gasteiger partial charge in [-0.2, -0.15) is 0 Å². The van der Waals surface area contributed by atoms with E-state index in [9.17, 15) is 14.9 Å². The van der Waals surface area contributed by atoms with Gasteiger partial charge in [0.25, 0.3) is 0 Å². The van der Waals surface area contributed by atoms with Crippen LogP contribution in [0.2, 0.25) is 0 Å². The highest BCUT2D eigenvalue weighted by molar-refractivity contribution is 5.95. The smallest absolute Gasteiger partial charge is 0.342 e. The van der Waals surface area contributed by atoms with Crippen LogP contribution < -0.4 is 5.32 Å². The standard InChI is InChI=1S/C14H16N2O4/c17-14(18)11-7-4-8-12(13(11)16(19)20)15-9-10-5-2-1-3-6-10/h1-2,4,7-8,10,15H,3,5-6,9H2,(H,17,18). The van der Waals surface area contributed by atoms with Gasteiger partial charge in [0, 0.05) is 6.54 Å². The molecule has 6 nitrogen and oxygen atoms in total. The van der Waals surface area contributed by atoms with E-state index in [4.69, 9.17) is 5.11 Å². The molecule has 0 aliphatic heterocycles. The number of nitro groups is 1. The summed E-state index contributed by atoms with van der Waals surface area (Å²) in [6, 6.07) is 4.30. The van der Waals surface area contributed by atoms with Crippen molar-refractivity contribution in [2.45, 2.75) is 19.3 Å². The van der Waals surface area contributed by atoms with Crippen molar-refractivity contribution in [2.75, 3.05) is 11.9 Å². The molecule has 0 bridgehead atoms. The van der Waals surface area contributed by atoms with Gasteiger partial charge in [-0.1, -0.05) is 18.2 Å². The summed E-state index contributed by atoms with van der Waals surface area (Å²) in [6.07, 6.45) is 7.24.